The van der Waals surface area contributed by atoms with Gasteiger partial charge < -0.3 is 10.0 Å². The van der Waals surface area contributed by atoms with Crippen LogP contribution in [0.1, 0.15) is 40.5 Å². The van der Waals surface area contributed by atoms with E-state index in [2.05, 4.69) is 0 Å². The van der Waals surface area contributed by atoms with Crippen molar-refractivity contribution in [3.8, 4) is 0 Å². The van der Waals surface area contributed by atoms with Gasteiger partial charge >= 0.3 is 5.97 Å². The summed E-state index contributed by atoms with van der Waals surface area (Å²) in [7, 11) is 0. The zero-order valence-corrected chi connectivity index (χ0v) is 12.4. The molecule has 1 aliphatic heterocycles. The molecule has 1 amide bonds. The van der Waals surface area contributed by atoms with Crippen molar-refractivity contribution in [2.24, 2.45) is 11.8 Å². The molecular formula is C13H23NO3S. The molecule has 1 N–H and O–H groups in total. The molecule has 0 aromatic heterocycles. The third kappa shape index (κ3) is 3.19. The standard InChI is InChI=1S/C13H23NO3S/c1-5-6-9(4)11(15)14-10(13(16)17)7-18-12(14)8(2)3/h8-10,12H,5-7H2,1-4H3,(H,16,17). The molecule has 1 fully saturated rings. The van der Waals surface area contributed by atoms with Crippen LogP contribution in [0.15, 0.2) is 0 Å². The van der Waals surface area contributed by atoms with Crippen molar-refractivity contribution in [3.05, 3.63) is 0 Å². The second-order valence-electron chi connectivity index (χ2n) is 5.26. The van der Waals surface area contributed by atoms with Crippen LogP contribution in [-0.2, 0) is 9.59 Å². The highest BCUT2D eigenvalue weighted by Crippen LogP contribution is 2.35. The fourth-order valence-corrected chi connectivity index (χ4v) is 3.80. The molecule has 1 aliphatic rings. The first-order valence-electron chi connectivity index (χ1n) is 6.56. The van der Waals surface area contributed by atoms with Crippen LogP contribution in [0, 0.1) is 11.8 Å². The maximum atomic E-state index is 12.4. The van der Waals surface area contributed by atoms with Gasteiger partial charge in [0.05, 0.1) is 5.37 Å². The van der Waals surface area contributed by atoms with E-state index in [0.29, 0.717) is 5.75 Å². The average molecular weight is 273 g/mol. The highest BCUT2D eigenvalue weighted by molar-refractivity contribution is 8.00. The van der Waals surface area contributed by atoms with Crippen molar-refractivity contribution < 1.29 is 14.7 Å². The Hall–Kier alpha value is -0.710. The Morgan fingerprint density at radius 3 is 2.44 bits per heavy atom. The van der Waals surface area contributed by atoms with Gasteiger partial charge in [0.1, 0.15) is 6.04 Å². The molecule has 0 radical (unpaired) electrons. The molecule has 1 saturated heterocycles. The molecule has 5 heteroatoms. The molecule has 3 atom stereocenters. The van der Waals surface area contributed by atoms with E-state index in [4.69, 9.17) is 0 Å². The highest BCUT2D eigenvalue weighted by atomic mass is 32.2. The second-order valence-corrected chi connectivity index (χ2v) is 6.41. The molecule has 18 heavy (non-hydrogen) atoms. The Kier molecular flexibility index (Phi) is 5.50. The Balaban J connectivity index is 2.89. The van der Waals surface area contributed by atoms with Crippen LogP contribution in [0.25, 0.3) is 0 Å². The average Bonchev–Trinajstić information content (AvgIpc) is 2.72. The predicted molar refractivity (Wildman–Crippen MR) is 73.4 cm³/mol. The lowest BCUT2D eigenvalue weighted by Crippen LogP contribution is -2.49. The number of aliphatic carboxylic acids is 1. The van der Waals surface area contributed by atoms with E-state index in [1.54, 1.807) is 16.7 Å². The summed E-state index contributed by atoms with van der Waals surface area (Å²) in [6.07, 6.45) is 1.76. The van der Waals surface area contributed by atoms with E-state index in [1.807, 2.05) is 27.7 Å². The molecular weight excluding hydrogens is 250 g/mol. The SMILES string of the molecule is CCCC(C)C(=O)N1C(C(=O)O)CSC1C(C)C. The van der Waals surface area contributed by atoms with Gasteiger partial charge in [-0.15, -0.1) is 11.8 Å². The van der Waals surface area contributed by atoms with E-state index in [0.717, 1.165) is 12.8 Å². The lowest BCUT2D eigenvalue weighted by molar-refractivity contribution is -0.151. The Morgan fingerprint density at radius 2 is 2.00 bits per heavy atom. The van der Waals surface area contributed by atoms with E-state index in [1.165, 1.54) is 0 Å². The van der Waals surface area contributed by atoms with Gasteiger partial charge in [0.25, 0.3) is 0 Å². The fraction of sp³-hybridized carbons (Fsp3) is 0.846. The quantitative estimate of drug-likeness (QED) is 0.836. The number of hydrogen-bond acceptors (Lipinski definition) is 3. The van der Waals surface area contributed by atoms with Crippen LogP contribution in [0.4, 0.5) is 0 Å². The minimum absolute atomic E-state index is 0.00194. The van der Waals surface area contributed by atoms with Crippen molar-refractivity contribution >= 4 is 23.6 Å². The maximum absolute atomic E-state index is 12.4. The summed E-state index contributed by atoms with van der Waals surface area (Å²) in [4.78, 5) is 25.3. The minimum atomic E-state index is -0.886. The molecule has 0 aromatic rings. The van der Waals surface area contributed by atoms with Crippen molar-refractivity contribution in [3.63, 3.8) is 0 Å². The number of carboxylic acids is 1. The lowest BCUT2D eigenvalue weighted by Gasteiger charge is -2.31. The molecule has 0 aromatic carbocycles. The number of carbonyl (C=O) groups is 2. The van der Waals surface area contributed by atoms with Gasteiger partial charge in [-0.25, -0.2) is 4.79 Å². The van der Waals surface area contributed by atoms with Gasteiger partial charge in [0, 0.05) is 11.7 Å². The van der Waals surface area contributed by atoms with Gasteiger partial charge in [0.15, 0.2) is 0 Å². The van der Waals surface area contributed by atoms with Crippen LogP contribution >= 0.6 is 11.8 Å². The molecule has 0 aliphatic carbocycles. The molecule has 104 valence electrons. The topological polar surface area (TPSA) is 57.6 Å². The van der Waals surface area contributed by atoms with Crippen molar-refractivity contribution in [2.75, 3.05) is 5.75 Å². The molecule has 0 saturated carbocycles. The number of amides is 1. The van der Waals surface area contributed by atoms with E-state index >= 15 is 0 Å². The van der Waals surface area contributed by atoms with Crippen molar-refractivity contribution in [1.82, 2.24) is 4.90 Å². The number of carbonyl (C=O) groups excluding carboxylic acids is 1. The van der Waals surface area contributed by atoms with E-state index in [9.17, 15) is 14.7 Å². The van der Waals surface area contributed by atoms with Gasteiger partial charge in [-0.3, -0.25) is 4.79 Å². The summed E-state index contributed by atoms with van der Waals surface area (Å²) < 4.78 is 0. The minimum Gasteiger partial charge on any atom is -0.480 e. The molecule has 3 unspecified atom stereocenters. The van der Waals surface area contributed by atoms with Gasteiger partial charge in [-0.2, -0.15) is 0 Å². The number of hydrogen-bond donors (Lipinski definition) is 1. The van der Waals surface area contributed by atoms with Crippen LogP contribution < -0.4 is 0 Å². The normalized spacial score (nSPS) is 25.5. The Labute approximate surface area is 113 Å². The zero-order valence-electron chi connectivity index (χ0n) is 11.5. The van der Waals surface area contributed by atoms with Crippen LogP contribution in [-0.4, -0.2) is 39.1 Å². The number of rotatable bonds is 5. The van der Waals surface area contributed by atoms with Crippen molar-refractivity contribution in [2.45, 2.75) is 52.0 Å². The molecule has 1 rings (SSSR count). The summed E-state index contributed by atoms with van der Waals surface area (Å²) in [6, 6.07) is -0.658. The number of carboxylic acid groups (broad SMARTS) is 1. The molecule has 0 spiro atoms. The first-order valence-corrected chi connectivity index (χ1v) is 7.61. The first-order chi connectivity index (χ1) is 8.40. The van der Waals surface area contributed by atoms with Crippen LogP contribution in [0.2, 0.25) is 0 Å². The molecule has 4 nitrogen and oxygen atoms in total. The van der Waals surface area contributed by atoms with E-state index < -0.39 is 12.0 Å². The fourth-order valence-electron chi connectivity index (χ4n) is 2.32. The zero-order chi connectivity index (χ0) is 13.9. The lowest BCUT2D eigenvalue weighted by atomic mass is 10.0. The van der Waals surface area contributed by atoms with Gasteiger partial charge in [-0.05, 0) is 12.3 Å². The summed E-state index contributed by atoms with van der Waals surface area (Å²) >= 11 is 1.58. The largest absolute Gasteiger partial charge is 0.480 e. The number of thioether (sulfide) groups is 1. The van der Waals surface area contributed by atoms with Gasteiger partial charge in [0.2, 0.25) is 5.91 Å². The van der Waals surface area contributed by atoms with Crippen LogP contribution in [0.5, 0.6) is 0 Å². The van der Waals surface area contributed by atoms with Gasteiger partial charge in [-0.1, -0.05) is 34.1 Å². The molecule has 1 heterocycles. The highest BCUT2D eigenvalue weighted by Gasteiger charge is 2.43. The van der Waals surface area contributed by atoms with E-state index in [-0.39, 0.29) is 23.1 Å². The molecule has 0 bridgehead atoms. The number of nitrogens with zero attached hydrogens (tertiary/aromatic N) is 1. The first kappa shape index (κ1) is 15.3. The Morgan fingerprint density at radius 1 is 1.39 bits per heavy atom. The summed E-state index contributed by atoms with van der Waals surface area (Å²) in [5.74, 6) is -0.201. The Bertz CT molecular complexity index is 319. The summed E-state index contributed by atoms with van der Waals surface area (Å²) in [5.41, 5.74) is 0. The summed E-state index contributed by atoms with van der Waals surface area (Å²) in [6.45, 7) is 8.00. The smallest absolute Gasteiger partial charge is 0.327 e. The third-order valence-electron chi connectivity index (χ3n) is 3.29. The second kappa shape index (κ2) is 6.45. The summed E-state index contributed by atoms with van der Waals surface area (Å²) in [5, 5.41) is 9.23. The predicted octanol–water partition coefficient (Wildman–Crippen LogP) is 2.43. The van der Waals surface area contributed by atoms with Crippen molar-refractivity contribution in [1.29, 1.82) is 0 Å². The monoisotopic (exact) mass is 273 g/mol. The van der Waals surface area contributed by atoms with Crippen LogP contribution in [0.3, 0.4) is 0 Å². The maximum Gasteiger partial charge on any atom is 0.327 e. The third-order valence-corrected chi connectivity index (χ3v) is 4.91.